The van der Waals surface area contributed by atoms with E-state index in [0.29, 0.717) is 5.56 Å². The van der Waals surface area contributed by atoms with Gasteiger partial charge < -0.3 is 5.32 Å². The fraction of sp³-hybridized carbons (Fsp3) is 0.188. The van der Waals surface area contributed by atoms with Gasteiger partial charge in [-0.25, -0.2) is 4.39 Å². The van der Waals surface area contributed by atoms with Crippen molar-refractivity contribution in [2.75, 3.05) is 5.32 Å². The maximum atomic E-state index is 13.3. The molecule has 27 heavy (non-hydrogen) atoms. The summed E-state index contributed by atoms with van der Waals surface area (Å²) >= 11 is 6.10. The summed E-state index contributed by atoms with van der Waals surface area (Å²) in [6, 6.07) is 5.98. The maximum absolute atomic E-state index is 13.3. The van der Waals surface area contributed by atoms with Crippen LogP contribution in [0.25, 0.3) is 0 Å². The van der Waals surface area contributed by atoms with E-state index in [-0.39, 0.29) is 35.4 Å². The summed E-state index contributed by atoms with van der Waals surface area (Å²) < 4.78 is 15.9. The van der Waals surface area contributed by atoms with Crippen LogP contribution < -0.4 is 5.32 Å². The van der Waals surface area contributed by atoms with Gasteiger partial charge in [-0.1, -0.05) is 23.7 Å². The van der Waals surface area contributed by atoms with Crippen LogP contribution in [0.1, 0.15) is 23.0 Å². The molecule has 0 unspecified atom stereocenters. The molecule has 9 nitrogen and oxygen atoms in total. The van der Waals surface area contributed by atoms with Gasteiger partial charge in [-0.15, -0.1) is 0 Å². The molecular formula is C16H14ClFN6O3. The van der Waals surface area contributed by atoms with Gasteiger partial charge in [-0.3, -0.25) is 24.3 Å². The van der Waals surface area contributed by atoms with E-state index in [4.69, 9.17) is 11.6 Å². The second-order valence-electron chi connectivity index (χ2n) is 5.56. The zero-order valence-corrected chi connectivity index (χ0v) is 14.9. The number of nitrogens with one attached hydrogen (secondary N) is 1. The summed E-state index contributed by atoms with van der Waals surface area (Å²) in [6.07, 6.45) is 2.48. The molecule has 0 aliphatic rings. The lowest BCUT2D eigenvalue weighted by molar-refractivity contribution is -0.385. The molecule has 0 aliphatic carbocycles. The molecule has 0 fully saturated rings. The van der Waals surface area contributed by atoms with Gasteiger partial charge in [-0.05, 0) is 24.6 Å². The first-order chi connectivity index (χ1) is 12.9. The van der Waals surface area contributed by atoms with E-state index in [0.717, 1.165) is 6.20 Å². The number of halogens is 2. The number of aryl methyl sites for hydroxylation is 1. The molecule has 3 aromatic rings. The van der Waals surface area contributed by atoms with Crippen molar-refractivity contribution in [1.82, 2.24) is 19.6 Å². The number of nitrogens with zero attached hydrogens (tertiary/aromatic N) is 5. The van der Waals surface area contributed by atoms with Crippen LogP contribution in [0.3, 0.4) is 0 Å². The molecule has 0 bridgehead atoms. The molecule has 11 heteroatoms. The van der Waals surface area contributed by atoms with Crippen LogP contribution in [0.15, 0.2) is 36.7 Å². The number of amides is 1. The Kier molecular flexibility index (Phi) is 5.17. The van der Waals surface area contributed by atoms with E-state index in [2.05, 4.69) is 15.5 Å². The zero-order valence-electron chi connectivity index (χ0n) is 14.1. The van der Waals surface area contributed by atoms with Gasteiger partial charge >= 0.3 is 5.69 Å². The molecule has 0 radical (unpaired) electrons. The quantitative estimate of drug-likeness (QED) is 0.512. The van der Waals surface area contributed by atoms with Gasteiger partial charge in [0, 0.05) is 12.7 Å². The van der Waals surface area contributed by atoms with Crippen molar-refractivity contribution in [3.63, 3.8) is 0 Å². The normalized spacial score (nSPS) is 10.8. The first-order valence-electron chi connectivity index (χ1n) is 7.88. The topological polar surface area (TPSA) is 108 Å². The summed E-state index contributed by atoms with van der Waals surface area (Å²) in [5.41, 5.74) is 0.0506. The van der Waals surface area contributed by atoms with E-state index < -0.39 is 16.5 Å². The summed E-state index contributed by atoms with van der Waals surface area (Å²) in [5.74, 6) is -1.09. The summed E-state index contributed by atoms with van der Waals surface area (Å²) in [5, 5.41) is 21.7. The Morgan fingerprint density at radius 2 is 2.22 bits per heavy atom. The fourth-order valence-corrected chi connectivity index (χ4v) is 2.73. The monoisotopic (exact) mass is 392 g/mol. The van der Waals surface area contributed by atoms with Gasteiger partial charge in [0.2, 0.25) is 5.69 Å². The highest BCUT2D eigenvalue weighted by atomic mass is 35.5. The molecule has 0 saturated heterocycles. The molecule has 1 amide bonds. The standard InChI is InChI=1S/C16H14ClFN6O3/c1-2-23-14(13(7-19-23)24(26)27)16(25)20-15-12(17)9-22(21-15)8-10-4-3-5-11(18)6-10/h3-7,9H,2,8H2,1H3,(H,20,21,25). The Labute approximate surface area is 157 Å². The molecule has 0 saturated carbocycles. The first-order valence-corrected chi connectivity index (χ1v) is 8.25. The Bertz CT molecular complexity index is 1020. The molecule has 0 aliphatic heterocycles. The van der Waals surface area contributed by atoms with Gasteiger partial charge in [-0.2, -0.15) is 10.2 Å². The van der Waals surface area contributed by atoms with Crippen LogP contribution in [0.4, 0.5) is 15.9 Å². The average molecular weight is 393 g/mol. The van der Waals surface area contributed by atoms with E-state index in [1.54, 1.807) is 19.1 Å². The number of carbonyl (C=O) groups is 1. The molecule has 2 heterocycles. The van der Waals surface area contributed by atoms with Crippen LogP contribution >= 0.6 is 11.6 Å². The third-order valence-electron chi connectivity index (χ3n) is 3.71. The highest BCUT2D eigenvalue weighted by molar-refractivity contribution is 6.33. The van der Waals surface area contributed by atoms with Gasteiger partial charge in [0.1, 0.15) is 17.0 Å². The Hall–Kier alpha value is -3.27. The molecule has 2 aromatic heterocycles. The molecule has 0 spiro atoms. The number of rotatable bonds is 6. The van der Waals surface area contributed by atoms with Crippen molar-refractivity contribution in [3.8, 4) is 0 Å². The average Bonchev–Trinajstić information content (AvgIpc) is 3.18. The number of nitro groups is 1. The number of hydrogen-bond acceptors (Lipinski definition) is 5. The summed E-state index contributed by atoms with van der Waals surface area (Å²) in [7, 11) is 0. The molecule has 1 aromatic carbocycles. The lowest BCUT2D eigenvalue weighted by Crippen LogP contribution is -2.19. The maximum Gasteiger partial charge on any atom is 0.320 e. The Morgan fingerprint density at radius 3 is 2.89 bits per heavy atom. The molecule has 1 N–H and O–H groups in total. The van der Waals surface area contributed by atoms with Crippen LogP contribution in [0.2, 0.25) is 5.02 Å². The lowest BCUT2D eigenvalue weighted by Gasteiger charge is -2.05. The molecule has 140 valence electrons. The minimum absolute atomic E-state index is 0.0382. The predicted molar refractivity (Wildman–Crippen MR) is 95.2 cm³/mol. The number of anilines is 1. The second-order valence-corrected chi connectivity index (χ2v) is 5.97. The second kappa shape index (κ2) is 7.54. The molecular weight excluding hydrogens is 379 g/mol. The number of benzene rings is 1. The third kappa shape index (κ3) is 3.95. The van der Waals surface area contributed by atoms with E-state index >= 15 is 0 Å². The van der Waals surface area contributed by atoms with Crippen molar-refractivity contribution < 1.29 is 14.1 Å². The zero-order chi connectivity index (χ0) is 19.6. The SMILES string of the molecule is CCn1ncc([N+](=O)[O-])c1C(=O)Nc1nn(Cc2cccc(F)c2)cc1Cl. The lowest BCUT2D eigenvalue weighted by atomic mass is 10.2. The molecule has 0 atom stereocenters. The Balaban J connectivity index is 1.82. The highest BCUT2D eigenvalue weighted by Crippen LogP contribution is 2.23. The number of aromatic nitrogens is 4. The van der Waals surface area contributed by atoms with E-state index in [9.17, 15) is 19.3 Å². The third-order valence-corrected chi connectivity index (χ3v) is 3.99. The summed E-state index contributed by atoms with van der Waals surface area (Å²) in [4.78, 5) is 22.9. The van der Waals surface area contributed by atoms with Crippen molar-refractivity contribution in [3.05, 3.63) is 68.9 Å². The fourth-order valence-electron chi connectivity index (χ4n) is 2.53. The van der Waals surface area contributed by atoms with E-state index in [1.165, 1.54) is 27.7 Å². The van der Waals surface area contributed by atoms with Crippen molar-refractivity contribution >= 4 is 29.0 Å². The van der Waals surface area contributed by atoms with Crippen molar-refractivity contribution in [2.24, 2.45) is 0 Å². The summed E-state index contributed by atoms with van der Waals surface area (Å²) in [6.45, 7) is 2.22. The van der Waals surface area contributed by atoms with Crippen LogP contribution in [-0.4, -0.2) is 30.4 Å². The molecule has 3 rings (SSSR count). The minimum atomic E-state index is -0.751. The van der Waals surface area contributed by atoms with Crippen LogP contribution in [0.5, 0.6) is 0 Å². The van der Waals surface area contributed by atoms with Crippen LogP contribution in [-0.2, 0) is 13.1 Å². The predicted octanol–water partition coefficient (Wildman–Crippen LogP) is 3.10. The highest BCUT2D eigenvalue weighted by Gasteiger charge is 2.27. The smallest absolute Gasteiger partial charge is 0.302 e. The number of hydrogen-bond donors (Lipinski definition) is 1. The minimum Gasteiger partial charge on any atom is -0.302 e. The van der Waals surface area contributed by atoms with Gasteiger partial charge in [0.05, 0.1) is 11.5 Å². The first kappa shape index (κ1) is 18.5. The van der Waals surface area contributed by atoms with E-state index in [1.807, 2.05) is 0 Å². The van der Waals surface area contributed by atoms with Crippen molar-refractivity contribution in [2.45, 2.75) is 20.0 Å². The van der Waals surface area contributed by atoms with Gasteiger partial charge in [0.25, 0.3) is 5.91 Å². The Morgan fingerprint density at radius 1 is 1.44 bits per heavy atom. The largest absolute Gasteiger partial charge is 0.320 e. The van der Waals surface area contributed by atoms with Gasteiger partial charge in [0.15, 0.2) is 5.82 Å². The van der Waals surface area contributed by atoms with Crippen molar-refractivity contribution in [1.29, 1.82) is 0 Å². The number of carbonyl (C=O) groups excluding carboxylic acids is 1. The van der Waals surface area contributed by atoms with Crippen LogP contribution in [0, 0.1) is 15.9 Å².